The van der Waals surface area contributed by atoms with E-state index in [0.717, 1.165) is 52.5 Å². The molecule has 1 heterocycles. The number of ether oxygens (including phenoxy) is 3. The summed E-state index contributed by atoms with van der Waals surface area (Å²) in [6.07, 6.45) is 0.857. The number of imidazole rings is 1. The molecule has 5 rings (SSSR count). The van der Waals surface area contributed by atoms with E-state index in [4.69, 9.17) is 19.2 Å². The molecule has 0 amide bonds. The molecule has 1 aromatic heterocycles. The number of methoxy groups -OCH3 is 1. The van der Waals surface area contributed by atoms with E-state index in [2.05, 4.69) is 28.8 Å². The first-order valence-electron chi connectivity index (χ1n) is 11.1. The first kappa shape index (κ1) is 20.9. The second kappa shape index (κ2) is 9.65. The molecule has 0 atom stereocenters. The van der Waals surface area contributed by atoms with Crippen LogP contribution in [0.4, 0.5) is 0 Å². The third-order valence-corrected chi connectivity index (χ3v) is 5.68. The lowest BCUT2D eigenvalue weighted by Crippen LogP contribution is -2.10. The van der Waals surface area contributed by atoms with Crippen LogP contribution < -0.4 is 14.2 Å². The average Bonchev–Trinajstić information content (AvgIpc) is 3.23. The first-order valence-corrected chi connectivity index (χ1v) is 11.1. The molecule has 0 bridgehead atoms. The molecule has 5 nitrogen and oxygen atoms in total. The van der Waals surface area contributed by atoms with Crippen molar-refractivity contribution in [2.75, 3.05) is 13.7 Å². The van der Waals surface area contributed by atoms with Gasteiger partial charge in [-0.3, -0.25) is 0 Å². The first-order chi connectivity index (χ1) is 16.3. The fourth-order valence-corrected chi connectivity index (χ4v) is 4.05. The number of aromatic nitrogens is 2. The van der Waals surface area contributed by atoms with Crippen LogP contribution in [0.25, 0.3) is 21.8 Å². The monoisotopic (exact) mass is 438 g/mol. The Balaban J connectivity index is 1.29. The standard InChI is InChI=1S/C28H26N2O3/c1-31-22-11-7-12-23(19-22)33-20-28-29-25-14-4-5-15-26(25)30(28)17-8-18-32-27-16-6-10-21-9-2-3-13-24(21)27/h2-7,9-16,19H,8,17-18,20H2,1H3. The Morgan fingerprint density at radius 1 is 0.788 bits per heavy atom. The lowest BCUT2D eigenvalue weighted by Gasteiger charge is -2.12. The van der Waals surface area contributed by atoms with Gasteiger partial charge in [0.1, 0.15) is 29.7 Å². The van der Waals surface area contributed by atoms with Crippen molar-refractivity contribution in [1.82, 2.24) is 9.55 Å². The van der Waals surface area contributed by atoms with E-state index in [9.17, 15) is 0 Å². The summed E-state index contributed by atoms with van der Waals surface area (Å²) in [5, 5.41) is 2.33. The van der Waals surface area contributed by atoms with Gasteiger partial charge in [0.2, 0.25) is 0 Å². The van der Waals surface area contributed by atoms with Gasteiger partial charge < -0.3 is 18.8 Å². The fourth-order valence-electron chi connectivity index (χ4n) is 4.05. The number of rotatable bonds is 9. The van der Waals surface area contributed by atoms with Crippen LogP contribution in [0.15, 0.2) is 91.0 Å². The highest BCUT2D eigenvalue weighted by molar-refractivity contribution is 5.88. The molecule has 0 radical (unpaired) electrons. The predicted molar refractivity (Wildman–Crippen MR) is 131 cm³/mol. The summed E-state index contributed by atoms with van der Waals surface area (Å²) in [5.74, 6) is 3.34. The lowest BCUT2D eigenvalue weighted by atomic mass is 10.1. The normalized spacial score (nSPS) is 11.1. The summed E-state index contributed by atoms with van der Waals surface area (Å²) in [6.45, 7) is 1.80. The molecule has 4 aromatic carbocycles. The van der Waals surface area contributed by atoms with Crippen molar-refractivity contribution in [2.45, 2.75) is 19.6 Å². The number of benzene rings is 4. The molecule has 5 aromatic rings. The van der Waals surface area contributed by atoms with Gasteiger partial charge in [-0.15, -0.1) is 0 Å². The second-order valence-electron chi connectivity index (χ2n) is 7.82. The molecule has 0 unspecified atom stereocenters. The smallest absolute Gasteiger partial charge is 0.147 e. The maximum absolute atomic E-state index is 6.15. The predicted octanol–water partition coefficient (Wildman–Crippen LogP) is 6.25. The Kier molecular flexibility index (Phi) is 6.11. The Morgan fingerprint density at radius 2 is 1.58 bits per heavy atom. The van der Waals surface area contributed by atoms with Crippen molar-refractivity contribution in [3.63, 3.8) is 0 Å². The van der Waals surface area contributed by atoms with Gasteiger partial charge in [-0.05, 0) is 42.1 Å². The minimum Gasteiger partial charge on any atom is -0.497 e. The van der Waals surface area contributed by atoms with Crippen LogP contribution in [0.5, 0.6) is 17.2 Å². The van der Waals surface area contributed by atoms with E-state index in [1.807, 2.05) is 66.7 Å². The van der Waals surface area contributed by atoms with Crippen molar-refractivity contribution < 1.29 is 14.2 Å². The zero-order valence-electron chi connectivity index (χ0n) is 18.6. The Morgan fingerprint density at radius 3 is 2.52 bits per heavy atom. The van der Waals surface area contributed by atoms with Crippen LogP contribution in [0.1, 0.15) is 12.2 Å². The molecule has 0 aliphatic carbocycles. The van der Waals surface area contributed by atoms with Crippen molar-refractivity contribution >= 4 is 21.8 Å². The number of hydrogen-bond donors (Lipinski definition) is 0. The molecule has 0 saturated carbocycles. The summed E-state index contributed by atoms with van der Waals surface area (Å²) < 4.78 is 19.7. The maximum atomic E-state index is 6.15. The zero-order chi connectivity index (χ0) is 22.5. The van der Waals surface area contributed by atoms with Crippen molar-refractivity contribution in [1.29, 1.82) is 0 Å². The SMILES string of the molecule is COc1cccc(OCc2nc3ccccc3n2CCCOc2cccc3ccccc23)c1. The van der Waals surface area contributed by atoms with Gasteiger partial charge in [0, 0.05) is 18.0 Å². The van der Waals surface area contributed by atoms with Crippen molar-refractivity contribution in [2.24, 2.45) is 0 Å². The van der Waals surface area contributed by atoms with E-state index >= 15 is 0 Å². The Bertz CT molecular complexity index is 1370. The summed E-state index contributed by atoms with van der Waals surface area (Å²) in [4.78, 5) is 4.81. The number of nitrogens with zero attached hydrogens (tertiary/aromatic N) is 2. The van der Waals surface area contributed by atoms with Gasteiger partial charge in [-0.25, -0.2) is 4.98 Å². The highest BCUT2D eigenvalue weighted by atomic mass is 16.5. The Hall–Kier alpha value is -3.99. The molecule has 0 spiro atoms. The van der Waals surface area contributed by atoms with Crippen LogP contribution in [-0.4, -0.2) is 23.3 Å². The molecule has 33 heavy (non-hydrogen) atoms. The Labute approximate surface area is 193 Å². The molecule has 0 aliphatic rings. The van der Waals surface area contributed by atoms with Gasteiger partial charge >= 0.3 is 0 Å². The van der Waals surface area contributed by atoms with E-state index in [-0.39, 0.29) is 0 Å². The molecular formula is C28H26N2O3. The number of aryl methyl sites for hydroxylation is 1. The summed E-state index contributed by atoms with van der Waals surface area (Å²) in [5.41, 5.74) is 2.07. The van der Waals surface area contributed by atoms with E-state index in [1.165, 1.54) is 5.39 Å². The third-order valence-electron chi connectivity index (χ3n) is 5.68. The largest absolute Gasteiger partial charge is 0.497 e. The van der Waals surface area contributed by atoms with Gasteiger partial charge in [-0.1, -0.05) is 54.6 Å². The van der Waals surface area contributed by atoms with Gasteiger partial charge in [0.15, 0.2) is 0 Å². The molecule has 0 aliphatic heterocycles. The summed E-state index contributed by atoms with van der Waals surface area (Å²) >= 11 is 0. The van der Waals surface area contributed by atoms with Crippen LogP contribution in [0.3, 0.4) is 0 Å². The van der Waals surface area contributed by atoms with Gasteiger partial charge in [0.25, 0.3) is 0 Å². The van der Waals surface area contributed by atoms with E-state index in [0.29, 0.717) is 13.2 Å². The molecule has 0 N–H and O–H groups in total. The minimum absolute atomic E-state index is 0.381. The average molecular weight is 439 g/mol. The van der Waals surface area contributed by atoms with Crippen LogP contribution in [0.2, 0.25) is 0 Å². The summed E-state index contributed by atoms with van der Waals surface area (Å²) in [7, 11) is 1.65. The van der Waals surface area contributed by atoms with Crippen molar-refractivity contribution in [3.8, 4) is 17.2 Å². The van der Waals surface area contributed by atoms with Crippen LogP contribution in [-0.2, 0) is 13.2 Å². The molecule has 5 heteroatoms. The fraction of sp³-hybridized carbons (Fsp3) is 0.179. The zero-order valence-corrected chi connectivity index (χ0v) is 18.6. The molecule has 0 fully saturated rings. The van der Waals surface area contributed by atoms with Crippen molar-refractivity contribution in [3.05, 3.63) is 96.8 Å². The molecular weight excluding hydrogens is 412 g/mol. The minimum atomic E-state index is 0.381. The third kappa shape index (κ3) is 4.62. The number of hydrogen-bond acceptors (Lipinski definition) is 4. The quantitative estimate of drug-likeness (QED) is 0.255. The van der Waals surface area contributed by atoms with Crippen LogP contribution >= 0.6 is 0 Å². The van der Waals surface area contributed by atoms with Crippen LogP contribution in [0, 0.1) is 0 Å². The highest BCUT2D eigenvalue weighted by Gasteiger charge is 2.11. The number of fused-ring (bicyclic) bond motifs is 2. The summed E-state index contributed by atoms with van der Waals surface area (Å²) in [6, 6.07) is 30.3. The van der Waals surface area contributed by atoms with E-state index in [1.54, 1.807) is 7.11 Å². The second-order valence-corrected chi connectivity index (χ2v) is 7.82. The highest BCUT2D eigenvalue weighted by Crippen LogP contribution is 2.26. The topological polar surface area (TPSA) is 45.5 Å². The molecule has 166 valence electrons. The van der Waals surface area contributed by atoms with Gasteiger partial charge in [-0.2, -0.15) is 0 Å². The van der Waals surface area contributed by atoms with Gasteiger partial charge in [0.05, 0.1) is 24.8 Å². The maximum Gasteiger partial charge on any atom is 0.147 e. The number of para-hydroxylation sites is 2. The van der Waals surface area contributed by atoms with E-state index < -0.39 is 0 Å². The lowest BCUT2D eigenvalue weighted by molar-refractivity contribution is 0.280. The molecule has 0 saturated heterocycles.